The van der Waals surface area contributed by atoms with Crippen molar-refractivity contribution in [2.45, 2.75) is 44.9 Å². The summed E-state index contributed by atoms with van der Waals surface area (Å²) in [5.41, 5.74) is 0. The Morgan fingerprint density at radius 3 is 2.39 bits per heavy atom. The van der Waals surface area contributed by atoms with Gasteiger partial charge in [-0.05, 0) is 55.8 Å². The Labute approximate surface area is 118 Å². The Balaban J connectivity index is 1.43. The van der Waals surface area contributed by atoms with Crippen LogP contribution in [-0.2, 0) is 4.79 Å². The van der Waals surface area contributed by atoms with Gasteiger partial charge in [0, 0.05) is 17.8 Å². The van der Waals surface area contributed by atoms with E-state index in [0.717, 1.165) is 29.6 Å². The SMILES string of the molecule is O=C(NCC1CCCCC1CBr)C1CC2CC2C1. The number of rotatable bonds is 4. The smallest absolute Gasteiger partial charge is 0.223 e. The molecule has 3 heteroatoms. The lowest BCUT2D eigenvalue weighted by atomic mass is 9.80. The summed E-state index contributed by atoms with van der Waals surface area (Å²) in [7, 11) is 0. The van der Waals surface area contributed by atoms with Crippen LogP contribution in [0.15, 0.2) is 0 Å². The third-order valence-electron chi connectivity index (χ3n) is 5.42. The molecular weight excluding hydrogens is 290 g/mol. The lowest BCUT2D eigenvalue weighted by Crippen LogP contribution is -2.37. The van der Waals surface area contributed by atoms with Crippen LogP contribution in [0.3, 0.4) is 0 Å². The summed E-state index contributed by atoms with van der Waals surface area (Å²) in [5.74, 6) is 3.99. The van der Waals surface area contributed by atoms with E-state index >= 15 is 0 Å². The Morgan fingerprint density at radius 1 is 1.06 bits per heavy atom. The van der Waals surface area contributed by atoms with Crippen LogP contribution in [-0.4, -0.2) is 17.8 Å². The molecule has 3 saturated carbocycles. The summed E-state index contributed by atoms with van der Waals surface area (Å²) >= 11 is 3.63. The van der Waals surface area contributed by atoms with Crippen molar-refractivity contribution >= 4 is 21.8 Å². The van der Waals surface area contributed by atoms with Gasteiger partial charge in [-0.1, -0.05) is 28.8 Å². The molecule has 0 heterocycles. The lowest BCUT2D eigenvalue weighted by Gasteiger charge is -2.30. The number of carbonyl (C=O) groups is 1. The highest BCUT2D eigenvalue weighted by molar-refractivity contribution is 9.09. The van der Waals surface area contributed by atoms with E-state index in [4.69, 9.17) is 0 Å². The van der Waals surface area contributed by atoms with Gasteiger partial charge in [0.25, 0.3) is 0 Å². The molecule has 3 aliphatic rings. The van der Waals surface area contributed by atoms with E-state index in [9.17, 15) is 4.79 Å². The fourth-order valence-electron chi connectivity index (χ4n) is 4.06. The number of carbonyl (C=O) groups excluding carboxylic acids is 1. The van der Waals surface area contributed by atoms with Gasteiger partial charge in [-0.3, -0.25) is 4.79 Å². The minimum absolute atomic E-state index is 0.347. The molecule has 0 bridgehead atoms. The summed E-state index contributed by atoms with van der Waals surface area (Å²) in [6.07, 6.45) is 9.08. The molecule has 0 spiro atoms. The first kappa shape index (κ1) is 13.0. The molecule has 3 fully saturated rings. The average Bonchev–Trinajstić information content (AvgIpc) is 3.02. The molecule has 0 aromatic rings. The van der Waals surface area contributed by atoms with Crippen LogP contribution in [0.2, 0.25) is 0 Å². The van der Waals surface area contributed by atoms with Gasteiger partial charge in [0.1, 0.15) is 0 Å². The zero-order chi connectivity index (χ0) is 12.5. The second-order valence-corrected chi connectivity index (χ2v) is 7.28. The number of nitrogens with one attached hydrogen (secondary N) is 1. The second kappa shape index (κ2) is 5.52. The summed E-state index contributed by atoms with van der Waals surface area (Å²) in [6.45, 7) is 0.918. The molecule has 0 aliphatic heterocycles. The predicted molar refractivity (Wildman–Crippen MR) is 76.6 cm³/mol. The maximum atomic E-state index is 12.1. The number of hydrogen-bond acceptors (Lipinski definition) is 1. The highest BCUT2D eigenvalue weighted by Gasteiger charge is 2.47. The average molecular weight is 314 g/mol. The van der Waals surface area contributed by atoms with E-state index in [1.54, 1.807) is 0 Å². The first-order chi connectivity index (χ1) is 8.78. The van der Waals surface area contributed by atoms with E-state index in [1.807, 2.05) is 0 Å². The van der Waals surface area contributed by atoms with E-state index in [2.05, 4.69) is 21.2 Å². The van der Waals surface area contributed by atoms with E-state index in [1.165, 1.54) is 44.9 Å². The van der Waals surface area contributed by atoms with Crippen molar-refractivity contribution in [2.24, 2.45) is 29.6 Å². The number of halogens is 1. The van der Waals surface area contributed by atoms with Crippen LogP contribution in [0.5, 0.6) is 0 Å². The molecule has 18 heavy (non-hydrogen) atoms. The number of hydrogen-bond donors (Lipinski definition) is 1. The van der Waals surface area contributed by atoms with Gasteiger partial charge in [-0.2, -0.15) is 0 Å². The zero-order valence-electron chi connectivity index (χ0n) is 11.0. The number of amides is 1. The molecule has 3 rings (SSSR count). The molecule has 1 N–H and O–H groups in total. The Hall–Kier alpha value is -0.0500. The molecular formula is C15H24BrNO. The molecule has 1 amide bonds. The quantitative estimate of drug-likeness (QED) is 0.792. The summed E-state index contributed by atoms with van der Waals surface area (Å²) in [4.78, 5) is 12.1. The van der Waals surface area contributed by atoms with Gasteiger partial charge in [-0.25, -0.2) is 0 Å². The summed E-state index contributed by atoms with van der Waals surface area (Å²) in [6, 6.07) is 0. The fraction of sp³-hybridized carbons (Fsp3) is 0.933. The molecule has 0 saturated heterocycles. The van der Waals surface area contributed by atoms with Crippen molar-refractivity contribution in [3.63, 3.8) is 0 Å². The maximum Gasteiger partial charge on any atom is 0.223 e. The van der Waals surface area contributed by atoms with Crippen molar-refractivity contribution in [1.82, 2.24) is 5.32 Å². The van der Waals surface area contributed by atoms with Crippen LogP contribution in [0.25, 0.3) is 0 Å². The van der Waals surface area contributed by atoms with E-state index in [0.29, 0.717) is 17.7 Å². The largest absolute Gasteiger partial charge is 0.356 e. The monoisotopic (exact) mass is 313 g/mol. The van der Waals surface area contributed by atoms with Crippen LogP contribution in [0.1, 0.15) is 44.9 Å². The molecule has 4 unspecified atom stereocenters. The third kappa shape index (κ3) is 2.76. The number of fused-ring (bicyclic) bond motifs is 1. The Kier molecular flexibility index (Phi) is 3.97. The Morgan fingerprint density at radius 2 is 1.72 bits per heavy atom. The minimum Gasteiger partial charge on any atom is -0.356 e. The van der Waals surface area contributed by atoms with Gasteiger partial charge < -0.3 is 5.32 Å². The first-order valence-electron chi connectivity index (χ1n) is 7.61. The molecule has 102 valence electrons. The molecule has 0 aromatic heterocycles. The lowest BCUT2D eigenvalue weighted by molar-refractivity contribution is -0.125. The molecule has 0 aromatic carbocycles. The van der Waals surface area contributed by atoms with Gasteiger partial charge in [0.2, 0.25) is 5.91 Å². The fourth-order valence-corrected chi connectivity index (χ4v) is 4.91. The summed E-state index contributed by atoms with van der Waals surface area (Å²) < 4.78 is 0. The van der Waals surface area contributed by atoms with E-state index in [-0.39, 0.29) is 0 Å². The van der Waals surface area contributed by atoms with Crippen molar-refractivity contribution in [1.29, 1.82) is 0 Å². The first-order valence-corrected chi connectivity index (χ1v) is 8.73. The minimum atomic E-state index is 0.347. The number of alkyl halides is 1. The molecule has 4 atom stereocenters. The second-order valence-electron chi connectivity index (χ2n) is 6.63. The summed E-state index contributed by atoms with van der Waals surface area (Å²) in [5, 5.41) is 4.34. The van der Waals surface area contributed by atoms with Crippen LogP contribution >= 0.6 is 15.9 Å². The van der Waals surface area contributed by atoms with E-state index < -0.39 is 0 Å². The van der Waals surface area contributed by atoms with Gasteiger partial charge in [0.15, 0.2) is 0 Å². The third-order valence-corrected chi connectivity index (χ3v) is 6.25. The Bertz CT molecular complexity index is 310. The van der Waals surface area contributed by atoms with Crippen LogP contribution in [0.4, 0.5) is 0 Å². The topological polar surface area (TPSA) is 29.1 Å². The van der Waals surface area contributed by atoms with Crippen molar-refractivity contribution in [3.05, 3.63) is 0 Å². The molecule has 2 nitrogen and oxygen atoms in total. The van der Waals surface area contributed by atoms with Crippen molar-refractivity contribution in [2.75, 3.05) is 11.9 Å². The highest BCUT2D eigenvalue weighted by atomic mass is 79.9. The normalized spacial score (nSPS) is 42.4. The van der Waals surface area contributed by atoms with Gasteiger partial charge in [0.05, 0.1) is 0 Å². The van der Waals surface area contributed by atoms with Gasteiger partial charge in [-0.15, -0.1) is 0 Å². The molecule has 3 aliphatic carbocycles. The van der Waals surface area contributed by atoms with Crippen molar-refractivity contribution in [3.8, 4) is 0 Å². The van der Waals surface area contributed by atoms with Crippen LogP contribution in [0, 0.1) is 29.6 Å². The van der Waals surface area contributed by atoms with Crippen LogP contribution < -0.4 is 5.32 Å². The standard InChI is InChI=1S/C15H24BrNO/c16-8-10-3-1-2-4-11(10)9-17-15(18)14-6-12-5-13(12)7-14/h10-14H,1-9H2,(H,17,18). The maximum absolute atomic E-state index is 12.1. The zero-order valence-corrected chi connectivity index (χ0v) is 12.6. The van der Waals surface area contributed by atoms with Gasteiger partial charge >= 0.3 is 0 Å². The van der Waals surface area contributed by atoms with Crippen molar-refractivity contribution < 1.29 is 4.79 Å². The highest BCUT2D eigenvalue weighted by Crippen LogP contribution is 2.54. The predicted octanol–water partition coefficient (Wildman–Crippen LogP) is 3.35. The molecule has 0 radical (unpaired) electrons.